The first-order chi connectivity index (χ1) is 14.8. The second-order valence-electron chi connectivity index (χ2n) is 8.02. The lowest BCUT2D eigenvalue weighted by atomic mass is 10.1. The van der Waals surface area contributed by atoms with E-state index in [1.165, 1.54) is 4.57 Å². The van der Waals surface area contributed by atoms with Crippen molar-refractivity contribution in [3.63, 3.8) is 0 Å². The number of carbonyl (C=O) groups is 1. The van der Waals surface area contributed by atoms with Gasteiger partial charge in [0.25, 0.3) is 0 Å². The predicted molar refractivity (Wildman–Crippen MR) is 117 cm³/mol. The molecule has 31 heavy (non-hydrogen) atoms. The van der Waals surface area contributed by atoms with E-state index in [1.54, 1.807) is 27.5 Å². The van der Waals surface area contributed by atoms with Crippen LogP contribution in [-0.2, 0) is 4.74 Å². The van der Waals surface area contributed by atoms with Gasteiger partial charge in [0, 0.05) is 18.0 Å². The molecule has 3 aromatic heterocycles. The minimum Gasteiger partial charge on any atom is -0.493 e. The molecule has 8 nitrogen and oxygen atoms in total. The van der Waals surface area contributed by atoms with Crippen molar-refractivity contribution in [1.29, 1.82) is 0 Å². The molecule has 0 amide bonds. The fraction of sp³-hybridized carbons (Fsp3) is 0.304. The number of fused-ring (bicyclic) bond motifs is 3. The van der Waals surface area contributed by atoms with Crippen molar-refractivity contribution in [2.24, 2.45) is 0 Å². The van der Waals surface area contributed by atoms with Crippen molar-refractivity contribution >= 4 is 22.9 Å². The number of nitrogens with zero attached hydrogens (tertiary/aromatic N) is 3. The Morgan fingerprint density at radius 2 is 1.68 bits per heavy atom. The Hall–Kier alpha value is -3.68. The van der Waals surface area contributed by atoms with Crippen LogP contribution in [0.4, 0.5) is 4.79 Å². The van der Waals surface area contributed by atoms with E-state index in [4.69, 9.17) is 23.9 Å². The van der Waals surface area contributed by atoms with Crippen LogP contribution in [0.25, 0.3) is 27.9 Å². The first-order valence-electron chi connectivity index (χ1n) is 9.79. The summed E-state index contributed by atoms with van der Waals surface area (Å²) >= 11 is 0. The SMILES string of the molecule is COc1cc(-c2cn(C(=O)OC(C)(C)C)c3c2nc2ccccn23)cc(OC)c1OC. The Labute approximate surface area is 179 Å². The van der Waals surface area contributed by atoms with Gasteiger partial charge >= 0.3 is 6.09 Å². The molecule has 0 bridgehead atoms. The van der Waals surface area contributed by atoms with Gasteiger partial charge in [-0.2, -0.15) is 0 Å². The summed E-state index contributed by atoms with van der Waals surface area (Å²) in [6.07, 6.45) is 3.11. The lowest BCUT2D eigenvalue weighted by Crippen LogP contribution is -2.27. The number of pyridine rings is 1. The van der Waals surface area contributed by atoms with Crippen LogP contribution in [0.15, 0.2) is 42.7 Å². The minimum atomic E-state index is -0.638. The summed E-state index contributed by atoms with van der Waals surface area (Å²) in [5.41, 5.74) is 2.87. The third-order valence-corrected chi connectivity index (χ3v) is 4.81. The Morgan fingerprint density at radius 1 is 1.00 bits per heavy atom. The molecule has 4 rings (SSSR count). The Bertz CT molecular complexity index is 1250. The van der Waals surface area contributed by atoms with Crippen LogP contribution in [-0.4, -0.2) is 47.0 Å². The van der Waals surface area contributed by atoms with Gasteiger partial charge < -0.3 is 18.9 Å². The summed E-state index contributed by atoms with van der Waals surface area (Å²) in [6, 6.07) is 9.34. The second kappa shape index (κ2) is 7.54. The number of methoxy groups -OCH3 is 3. The smallest absolute Gasteiger partial charge is 0.420 e. The normalized spacial score (nSPS) is 11.7. The maximum atomic E-state index is 13.0. The third kappa shape index (κ3) is 3.54. The van der Waals surface area contributed by atoms with E-state index in [2.05, 4.69) is 0 Å². The van der Waals surface area contributed by atoms with Gasteiger partial charge in [-0.25, -0.2) is 14.3 Å². The highest BCUT2D eigenvalue weighted by molar-refractivity contribution is 5.99. The fourth-order valence-corrected chi connectivity index (χ4v) is 3.54. The molecule has 0 saturated carbocycles. The van der Waals surface area contributed by atoms with Crippen molar-refractivity contribution in [3.05, 3.63) is 42.7 Å². The van der Waals surface area contributed by atoms with Gasteiger partial charge in [0.1, 0.15) is 16.8 Å². The van der Waals surface area contributed by atoms with E-state index in [0.29, 0.717) is 28.4 Å². The molecule has 0 fully saturated rings. The quantitative estimate of drug-likeness (QED) is 0.471. The number of hydrogen-bond acceptors (Lipinski definition) is 6. The molecule has 3 heterocycles. The predicted octanol–water partition coefficient (Wildman–Crippen LogP) is 4.77. The molecular weight excluding hydrogens is 398 g/mol. The van der Waals surface area contributed by atoms with Crippen molar-refractivity contribution in [1.82, 2.24) is 14.0 Å². The largest absolute Gasteiger partial charge is 0.493 e. The highest BCUT2D eigenvalue weighted by Crippen LogP contribution is 2.43. The van der Waals surface area contributed by atoms with Gasteiger partial charge in [-0.05, 0) is 50.6 Å². The molecule has 162 valence electrons. The summed E-state index contributed by atoms with van der Waals surface area (Å²) < 4.78 is 25.4. The fourth-order valence-electron chi connectivity index (χ4n) is 3.54. The summed E-state index contributed by atoms with van der Waals surface area (Å²) in [5.74, 6) is 1.52. The molecule has 0 atom stereocenters. The maximum absolute atomic E-state index is 13.0. The van der Waals surface area contributed by atoms with Gasteiger partial charge in [0.05, 0.1) is 21.3 Å². The van der Waals surface area contributed by atoms with Gasteiger partial charge in [0.15, 0.2) is 17.1 Å². The third-order valence-electron chi connectivity index (χ3n) is 4.81. The number of ether oxygens (including phenoxy) is 4. The van der Waals surface area contributed by atoms with Gasteiger partial charge in [-0.1, -0.05) is 6.07 Å². The van der Waals surface area contributed by atoms with Crippen LogP contribution in [0.5, 0.6) is 17.2 Å². The number of carbonyl (C=O) groups excluding carboxylic acids is 1. The van der Waals surface area contributed by atoms with E-state index < -0.39 is 11.7 Å². The number of benzene rings is 1. The zero-order valence-electron chi connectivity index (χ0n) is 18.4. The summed E-state index contributed by atoms with van der Waals surface area (Å²) in [7, 11) is 4.68. The standard InChI is InChI=1S/C23H25N3O5/c1-23(2,3)31-22(27)26-13-15(19-21(26)25-10-8-7-9-18(25)24-19)14-11-16(28-4)20(30-6)17(12-14)29-5/h7-13H,1-6H3. The summed E-state index contributed by atoms with van der Waals surface area (Å²) in [6.45, 7) is 5.50. The highest BCUT2D eigenvalue weighted by Gasteiger charge is 2.25. The van der Waals surface area contributed by atoms with Gasteiger partial charge in [-0.3, -0.25) is 4.40 Å². The van der Waals surface area contributed by atoms with Gasteiger partial charge in [-0.15, -0.1) is 0 Å². The van der Waals surface area contributed by atoms with Crippen molar-refractivity contribution in [3.8, 4) is 28.4 Å². The molecule has 0 aliphatic heterocycles. The topological polar surface area (TPSA) is 76.2 Å². The van der Waals surface area contributed by atoms with Crippen LogP contribution in [0.1, 0.15) is 20.8 Å². The summed E-state index contributed by atoms with van der Waals surface area (Å²) in [5, 5.41) is 0. The van der Waals surface area contributed by atoms with Crippen LogP contribution in [0.3, 0.4) is 0 Å². The Kier molecular flexibility index (Phi) is 5.00. The van der Waals surface area contributed by atoms with Crippen LogP contribution >= 0.6 is 0 Å². The zero-order valence-corrected chi connectivity index (χ0v) is 18.4. The average Bonchev–Trinajstić information content (AvgIpc) is 3.28. The van der Waals surface area contributed by atoms with Crippen LogP contribution < -0.4 is 14.2 Å². The maximum Gasteiger partial charge on any atom is 0.420 e. The molecule has 4 aromatic rings. The van der Waals surface area contributed by atoms with E-state index >= 15 is 0 Å². The van der Waals surface area contributed by atoms with Crippen molar-refractivity contribution < 1.29 is 23.7 Å². The Morgan fingerprint density at radius 3 is 2.26 bits per heavy atom. The number of hydrogen-bond donors (Lipinski definition) is 0. The van der Waals surface area contributed by atoms with Crippen molar-refractivity contribution in [2.75, 3.05) is 21.3 Å². The molecule has 1 aromatic carbocycles. The highest BCUT2D eigenvalue weighted by atomic mass is 16.6. The average molecular weight is 423 g/mol. The van der Waals surface area contributed by atoms with E-state index in [1.807, 2.05) is 61.7 Å². The molecule has 8 heteroatoms. The van der Waals surface area contributed by atoms with E-state index in [0.717, 1.165) is 16.8 Å². The van der Waals surface area contributed by atoms with E-state index in [-0.39, 0.29) is 0 Å². The monoisotopic (exact) mass is 423 g/mol. The summed E-state index contributed by atoms with van der Waals surface area (Å²) in [4.78, 5) is 17.8. The number of aromatic nitrogens is 3. The molecule has 0 unspecified atom stereocenters. The molecular formula is C23H25N3O5. The first-order valence-corrected chi connectivity index (χ1v) is 9.79. The lowest BCUT2D eigenvalue weighted by molar-refractivity contribution is 0.0543. The lowest BCUT2D eigenvalue weighted by Gasteiger charge is -2.19. The van der Waals surface area contributed by atoms with Crippen LogP contribution in [0.2, 0.25) is 0 Å². The van der Waals surface area contributed by atoms with E-state index in [9.17, 15) is 4.79 Å². The molecule has 0 radical (unpaired) electrons. The first kappa shape index (κ1) is 20.6. The molecule has 0 aliphatic carbocycles. The molecule has 0 spiro atoms. The Balaban J connectivity index is 2.01. The minimum absolute atomic E-state index is 0.484. The van der Waals surface area contributed by atoms with Gasteiger partial charge in [0.2, 0.25) is 5.75 Å². The van der Waals surface area contributed by atoms with Crippen molar-refractivity contribution in [2.45, 2.75) is 26.4 Å². The molecule has 0 saturated heterocycles. The second-order valence-corrected chi connectivity index (χ2v) is 8.02. The molecule has 0 N–H and O–H groups in total. The number of imidazole rings is 1. The zero-order chi connectivity index (χ0) is 22.3. The number of rotatable bonds is 4. The molecule has 0 aliphatic rings. The van der Waals surface area contributed by atoms with Crippen LogP contribution in [0, 0.1) is 0 Å².